The molecule has 0 amide bonds. The van der Waals surface area contributed by atoms with Crippen LogP contribution in [0.3, 0.4) is 0 Å². The highest BCUT2D eigenvalue weighted by molar-refractivity contribution is 5.86. The smallest absolute Gasteiger partial charge is 0.373 e. The molecule has 1 aliphatic heterocycles. The van der Waals surface area contributed by atoms with Gasteiger partial charge in [0.1, 0.15) is 0 Å². The van der Waals surface area contributed by atoms with Gasteiger partial charge >= 0.3 is 5.97 Å². The van der Waals surface area contributed by atoms with E-state index in [0.717, 1.165) is 18.4 Å². The Hall–Kier alpha value is -1.77. The molecule has 0 saturated heterocycles. The minimum absolute atomic E-state index is 0.264. The van der Waals surface area contributed by atoms with Gasteiger partial charge in [0.15, 0.2) is 0 Å². The average molecular weight is 318 g/mol. The van der Waals surface area contributed by atoms with Crippen LogP contribution in [0.5, 0.6) is 0 Å². The molecule has 0 aromatic rings. The van der Waals surface area contributed by atoms with Crippen molar-refractivity contribution in [2.45, 2.75) is 58.8 Å². The largest absolute Gasteiger partial charge is 0.490 e. The number of allylic oxidation sites excluding steroid dienone is 6. The van der Waals surface area contributed by atoms with Crippen LogP contribution in [0.2, 0.25) is 0 Å². The fraction of sp³-hybridized carbons (Fsp3) is 0.550. The zero-order valence-corrected chi connectivity index (χ0v) is 14.8. The molecule has 1 heterocycles. The predicted octanol–water partition coefficient (Wildman–Crippen LogP) is 5.25. The molecule has 0 saturated carbocycles. The van der Waals surface area contributed by atoms with Crippen molar-refractivity contribution in [3.8, 4) is 0 Å². The number of hydrogen-bond donors (Lipinski definition) is 0. The summed E-state index contributed by atoms with van der Waals surface area (Å²) in [6.45, 7) is 4.53. The summed E-state index contributed by atoms with van der Waals surface area (Å²) < 4.78 is 10.4. The van der Waals surface area contributed by atoms with Gasteiger partial charge in [-0.15, -0.1) is 0 Å². The van der Waals surface area contributed by atoms with Crippen molar-refractivity contribution in [3.63, 3.8) is 0 Å². The maximum Gasteiger partial charge on any atom is 0.373 e. The topological polar surface area (TPSA) is 35.5 Å². The Balaban J connectivity index is 2.70. The number of carbonyl (C=O) groups is 1. The van der Waals surface area contributed by atoms with Crippen LogP contribution < -0.4 is 0 Å². The van der Waals surface area contributed by atoms with Gasteiger partial charge < -0.3 is 9.47 Å². The van der Waals surface area contributed by atoms with Crippen LogP contribution in [0, 0.1) is 0 Å². The summed E-state index contributed by atoms with van der Waals surface area (Å²) in [7, 11) is 1.50. The summed E-state index contributed by atoms with van der Waals surface area (Å²) in [6.07, 6.45) is 18.0. The summed E-state index contributed by atoms with van der Waals surface area (Å²) in [5.41, 5.74) is 2.44. The SMILES string of the molecule is CO/C1=C\C(C)=C\CCCCCC/C(C)=C/C=C/CCOC1=O. The molecule has 0 spiro atoms. The molecule has 0 atom stereocenters. The molecular weight excluding hydrogens is 288 g/mol. The van der Waals surface area contributed by atoms with Crippen LogP contribution in [0.15, 0.2) is 47.3 Å². The van der Waals surface area contributed by atoms with E-state index >= 15 is 0 Å². The van der Waals surface area contributed by atoms with E-state index in [2.05, 4.69) is 19.1 Å². The fourth-order valence-corrected chi connectivity index (χ4v) is 2.40. The van der Waals surface area contributed by atoms with Crippen LogP contribution in [0.1, 0.15) is 58.8 Å². The van der Waals surface area contributed by atoms with Crippen LogP contribution in [-0.2, 0) is 14.3 Å². The lowest BCUT2D eigenvalue weighted by Crippen LogP contribution is -2.10. The Morgan fingerprint density at radius 1 is 1.09 bits per heavy atom. The highest BCUT2D eigenvalue weighted by Gasteiger charge is 2.10. The van der Waals surface area contributed by atoms with Crippen molar-refractivity contribution in [1.29, 1.82) is 0 Å². The Bertz CT molecular complexity index is 481. The van der Waals surface area contributed by atoms with E-state index in [9.17, 15) is 4.79 Å². The van der Waals surface area contributed by atoms with Gasteiger partial charge in [-0.1, -0.05) is 48.3 Å². The van der Waals surface area contributed by atoms with Crippen molar-refractivity contribution in [2.75, 3.05) is 13.7 Å². The number of ether oxygens (including phenoxy) is 2. The van der Waals surface area contributed by atoms with Crippen LogP contribution >= 0.6 is 0 Å². The molecule has 3 heteroatoms. The molecule has 0 N–H and O–H groups in total. The van der Waals surface area contributed by atoms with Gasteiger partial charge in [0.05, 0.1) is 13.7 Å². The van der Waals surface area contributed by atoms with Crippen molar-refractivity contribution in [3.05, 3.63) is 47.3 Å². The van der Waals surface area contributed by atoms with Crippen molar-refractivity contribution in [1.82, 2.24) is 0 Å². The second kappa shape index (κ2) is 11.8. The van der Waals surface area contributed by atoms with Gasteiger partial charge in [0, 0.05) is 0 Å². The van der Waals surface area contributed by atoms with Gasteiger partial charge in [-0.3, -0.25) is 0 Å². The second-order valence-electron chi connectivity index (χ2n) is 5.98. The molecule has 3 nitrogen and oxygen atoms in total. The summed E-state index contributed by atoms with van der Waals surface area (Å²) in [6, 6.07) is 0. The van der Waals surface area contributed by atoms with E-state index < -0.39 is 5.97 Å². The number of esters is 1. The molecule has 1 aliphatic rings. The molecule has 1 rings (SSSR count). The maximum absolute atomic E-state index is 12.0. The summed E-state index contributed by atoms with van der Waals surface area (Å²) in [5, 5.41) is 0. The van der Waals surface area contributed by atoms with Crippen molar-refractivity contribution >= 4 is 5.97 Å². The lowest BCUT2D eigenvalue weighted by Gasteiger charge is -2.07. The zero-order valence-electron chi connectivity index (χ0n) is 14.8. The molecule has 0 unspecified atom stereocenters. The van der Waals surface area contributed by atoms with E-state index in [1.54, 1.807) is 6.08 Å². The second-order valence-corrected chi connectivity index (χ2v) is 5.98. The highest BCUT2D eigenvalue weighted by atomic mass is 16.6. The highest BCUT2D eigenvalue weighted by Crippen LogP contribution is 2.13. The first-order chi connectivity index (χ1) is 11.1. The molecule has 0 fully saturated rings. The Morgan fingerprint density at radius 2 is 1.87 bits per heavy atom. The summed E-state index contributed by atoms with van der Waals surface area (Å²) in [5.74, 6) is -0.138. The third-order valence-corrected chi connectivity index (χ3v) is 3.81. The lowest BCUT2D eigenvalue weighted by atomic mass is 10.1. The van der Waals surface area contributed by atoms with Gasteiger partial charge in [-0.05, 0) is 52.0 Å². The maximum atomic E-state index is 12.0. The fourth-order valence-electron chi connectivity index (χ4n) is 2.40. The molecule has 0 radical (unpaired) electrons. The van der Waals surface area contributed by atoms with Crippen LogP contribution in [0.25, 0.3) is 0 Å². The lowest BCUT2D eigenvalue weighted by molar-refractivity contribution is -0.142. The summed E-state index contributed by atoms with van der Waals surface area (Å²) >= 11 is 0. The van der Waals surface area contributed by atoms with E-state index in [0.29, 0.717) is 13.0 Å². The molecule has 23 heavy (non-hydrogen) atoms. The first-order valence-electron chi connectivity index (χ1n) is 8.55. The van der Waals surface area contributed by atoms with Crippen LogP contribution in [0.4, 0.5) is 0 Å². The first kappa shape index (κ1) is 19.3. The molecule has 0 aromatic carbocycles. The number of hydrogen-bond acceptors (Lipinski definition) is 3. The Kier molecular flexibility index (Phi) is 9.85. The summed E-state index contributed by atoms with van der Waals surface area (Å²) in [4.78, 5) is 12.0. The number of rotatable bonds is 1. The number of methoxy groups -OCH3 is 1. The standard InChI is InChI=1S/C20H30O3/c1-17-12-8-5-4-6-9-14-18(2)16-19(22-3)20(21)23-15-11-7-10-13-17/h7,10,13-14,16H,4-6,8-9,11-12,15H2,1-3H3/b10-7+,17-13+,18-14+,19-16-. The molecule has 0 bridgehead atoms. The monoisotopic (exact) mass is 318 g/mol. The molecule has 0 aliphatic carbocycles. The number of cyclic esters (lactones) is 1. The third kappa shape index (κ3) is 9.07. The van der Waals surface area contributed by atoms with E-state index in [4.69, 9.17) is 9.47 Å². The predicted molar refractivity (Wildman–Crippen MR) is 95.0 cm³/mol. The molecular formula is C20H30O3. The van der Waals surface area contributed by atoms with Crippen molar-refractivity contribution < 1.29 is 14.3 Å². The first-order valence-corrected chi connectivity index (χ1v) is 8.55. The van der Waals surface area contributed by atoms with Crippen LogP contribution in [-0.4, -0.2) is 19.7 Å². The number of carbonyl (C=O) groups excluding carboxylic acids is 1. The zero-order chi connectivity index (χ0) is 16.9. The minimum atomic E-state index is -0.401. The van der Waals surface area contributed by atoms with Gasteiger partial charge in [0.25, 0.3) is 0 Å². The van der Waals surface area contributed by atoms with Gasteiger partial charge in [-0.2, -0.15) is 0 Å². The van der Waals surface area contributed by atoms with E-state index in [-0.39, 0.29) is 5.76 Å². The average Bonchev–Trinajstić information content (AvgIpc) is 2.53. The third-order valence-electron chi connectivity index (χ3n) is 3.81. The van der Waals surface area contributed by atoms with Crippen molar-refractivity contribution in [2.24, 2.45) is 0 Å². The Labute approximate surface area is 140 Å². The molecule has 128 valence electrons. The Morgan fingerprint density at radius 3 is 2.65 bits per heavy atom. The van der Waals surface area contributed by atoms with Gasteiger partial charge in [-0.25, -0.2) is 4.79 Å². The quantitative estimate of drug-likeness (QED) is 0.619. The molecule has 0 aromatic heterocycles. The minimum Gasteiger partial charge on any atom is -0.490 e. The van der Waals surface area contributed by atoms with E-state index in [1.165, 1.54) is 38.4 Å². The van der Waals surface area contributed by atoms with E-state index in [1.807, 2.05) is 19.1 Å². The normalized spacial score (nSPS) is 27.8. The van der Waals surface area contributed by atoms with Gasteiger partial charge in [0.2, 0.25) is 5.76 Å².